The summed E-state index contributed by atoms with van der Waals surface area (Å²) in [6.07, 6.45) is 9.57. The molecule has 3 nitrogen and oxygen atoms in total. The van der Waals surface area contributed by atoms with Gasteiger partial charge in [-0.2, -0.15) is 0 Å². The van der Waals surface area contributed by atoms with E-state index in [0.717, 1.165) is 25.7 Å². The van der Waals surface area contributed by atoms with Gasteiger partial charge >= 0.3 is 0 Å². The van der Waals surface area contributed by atoms with Gasteiger partial charge in [0.15, 0.2) is 0 Å². The van der Waals surface area contributed by atoms with Crippen LogP contribution >= 0.6 is 0 Å². The van der Waals surface area contributed by atoms with Crippen molar-refractivity contribution in [3.8, 4) is 0 Å². The molecule has 4 aliphatic carbocycles. The van der Waals surface area contributed by atoms with Gasteiger partial charge in [0.2, 0.25) is 0 Å². The van der Waals surface area contributed by atoms with Crippen molar-refractivity contribution in [1.29, 1.82) is 0 Å². The minimum atomic E-state index is -0.305. The highest BCUT2D eigenvalue weighted by molar-refractivity contribution is 5.79. The van der Waals surface area contributed by atoms with Crippen LogP contribution in [0.2, 0.25) is 0 Å². The van der Waals surface area contributed by atoms with Crippen molar-refractivity contribution in [2.75, 3.05) is 0 Å². The minimum Gasteiger partial charge on any atom is -0.393 e. The van der Waals surface area contributed by atoms with Gasteiger partial charge in [0.05, 0.1) is 6.10 Å². The van der Waals surface area contributed by atoms with E-state index >= 15 is 0 Å². The number of hydrogen-bond donors (Lipinski definition) is 2. The number of carbonyl (C=O) groups is 1. The minimum absolute atomic E-state index is 0.000804. The van der Waals surface area contributed by atoms with E-state index in [0.29, 0.717) is 24.3 Å². The number of rotatable bonds is 1. The van der Waals surface area contributed by atoms with Crippen LogP contribution in [0.3, 0.4) is 0 Å². The van der Waals surface area contributed by atoms with Crippen LogP contribution in [0.1, 0.15) is 65.7 Å². The van der Waals surface area contributed by atoms with Crippen molar-refractivity contribution in [3.63, 3.8) is 0 Å². The van der Waals surface area contributed by atoms with Gasteiger partial charge in [-0.1, -0.05) is 25.5 Å². The third-order valence-electron chi connectivity index (χ3n) is 8.62. The molecule has 8 atom stereocenters. The molecule has 3 saturated carbocycles. The maximum absolute atomic E-state index is 12.2. The maximum Gasteiger partial charge on any atom is 0.133 e. The second-order valence-corrected chi connectivity index (χ2v) is 9.69. The van der Waals surface area contributed by atoms with Gasteiger partial charge < -0.3 is 10.8 Å². The standard InChI is InChI=1S/C21H33NO2/c1-12(23)17-11-18(24)19-15-5-4-13-10-14(22)6-8-20(13,2)16(15)7-9-21(17,19)3/h4,14-19,24H,5-11,22H2,1-3H3/t14-,15-,16+,17-,18+,19-,20+,21+/m1/s1. The maximum atomic E-state index is 12.2. The van der Waals surface area contributed by atoms with Gasteiger partial charge in [-0.05, 0) is 80.5 Å². The summed E-state index contributed by atoms with van der Waals surface area (Å²) in [6.45, 7) is 6.46. The molecule has 0 saturated heterocycles. The first-order valence-electron chi connectivity index (χ1n) is 9.91. The normalized spacial score (nSPS) is 53.6. The lowest BCUT2D eigenvalue weighted by Gasteiger charge is -2.58. The average molecular weight is 332 g/mol. The van der Waals surface area contributed by atoms with Crippen LogP contribution < -0.4 is 5.73 Å². The summed E-state index contributed by atoms with van der Waals surface area (Å²) in [4.78, 5) is 12.2. The Morgan fingerprint density at radius 3 is 2.75 bits per heavy atom. The zero-order chi connectivity index (χ0) is 17.3. The Hall–Kier alpha value is -0.670. The summed E-state index contributed by atoms with van der Waals surface area (Å²) < 4.78 is 0. The lowest BCUT2D eigenvalue weighted by molar-refractivity contribution is -0.127. The predicted molar refractivity (Wildman–Crippen MR) is 95.2 cm³/mol. The Morgan fingerprint density at radius 1 is 1.29 bits per heavy atom. The Labute approximate surface area is 146 Å². The highest BCUT2D eigenvalue weighted by atomic mass is 16.3. The number of fused-ring (bicyclic) bond motifs is 5. The molecule has 3 heteroatoms. The largest absolute Gasteiger partial charge is 0.393 e. The number of ketones is 1. The third kappa shape index (κ3) is 2.13. The Morgan fingerprint density at radius 2 is 2.04 bits per heavy atom. The molecule has 0 spiro atoms. The predicted octanol–water partition coefficient (Wildman–Crippen LogP) is 3.45. The van der Waals surface area contributed by atoms with Crippen LogP contribution in [0, 0.1) is 34.5 Å². The van der Waals surface area contributed by atoms with E-state index in [2.05, 4.69) is 19.9 Å². The smallest absolute Gasteiger partial charge is 0.133 e. The summed E-state index contributed by atoms with van der Waals surface area (Å²) in [7, 11) is 0. The first-order chi connectivity index (χ1) is 11.3. The molecule has 0 bridgehead atoms. The topological polar surface area (TPSA) is 63.3 Å². The van der Waals surface area contributed by atoms with E-state index < -0.39 is 0 Å². The van der Waals surface area contributed by atoms with E-state index in [1.807, 2.05) is 0 Å². The molecule has 3 N–H and O–H groups in total. The molecule has 134 valence electrons. The Bertz CT molecular complexity index is 584. The Kier molecular flexibility index (Phi) is 3.78. The summed E-state index contributed by atoms with van der Waals surface area (Å²) in [5, 5.41) is 10.9. The van der Waals surface area contributed by atoms with Crippen molar-refractivity contribution in [3.05, 3.63) is 11.6 Å². The van der Waals surface area contributed by atoms with Crippen LogP contribution in [0.25, 0.3) is 0 Å². The molecule has 3 fully saturated rings. The summed E-state index contributed by atoms with van der Waals surface area (Å²) in [6, 6.07) is 0.328. The number of Topliss-reactive ketones (excluding diaryl/α,β-unsaturated/α-hetero) is 1. The number of aliphatic hydroxyl groups excluding tert-OH is 1. The van der Waals surface area contributed by atoms with Gasteiger partial charge in [0.1, 0.15) is 5.78 Å². The number of carbonyl (C=O) groups excluding carboxylic acids is 1. The monoisotopic (exact) mass is 331 g/mol. The molecule has 0 aromatic heterocycles. The molecule has 0 amide bonds. The fourth-order valence-corrected chi connectivity index (χ4v) is 7.39. The molecule has 4 aliphatic rings. The molecule has 0 heterocycles. The van der Waals surface area contributed by atoms with Gasteiger partial charge in [-0.15, -0.1) is 0 Å². The van der Waals surface area contributed by atoms with Crippen LogP contribution in [-0.2, 0) is 4.79 Å². The number of aliphatic hydroxyl groups is 1. The number of nitrogens with two attached hydrogens (primary N) is 1. The van der Waals surface area contributed by atoms with E-state index in [1.54, 1.807) is 12.5 Å². The van der Waals surface area contributed by atoms with E-state index in [4.69, 9.17) is 5.73 Å². The lowest BCUT2D eigenvalue weighted by atomic mass is 9.47. The van der Waals surface area contributed by atoms with Crippen molar-refractivity contribution >= 4 is 5.78 Å². The zero-order valence-electron chi connectivity index (χ0n) is 15.4. The molecule has 0 radical (unpaired) electrons. The second kappa shape index (κ2) is 5.41. The van der Waals surface area contributed by atoms with Crippen molar-refractivity contribution < 1.29 is 9.90 Å². The Balaban J connectivity index is 1.70. The quantitative estimate of drug-likeness (QED) is 0.723. The molecular formula is C21H33NO2. The first kappa shape index (κ1) is 16.8. The van der Waals surface area contributed by atoms with E-state index in [1.165, 1.54) is 12.8 Å². The van der Waals surface area contributed by atoms with Crippen LogP contribution in [-0.4, -0.2) is 23.0 Å². The van der Waals surface area contributed by atoms with Crippen molar-refractivity contribution in [2.24, 2.45) is 40.2 Å². The van der Waals surface area contributed by atoms with Crippen molar-refractivity contribution in [2.45, 2.75) is 77.9 Å². The van der Waals surface area contributed by atoms with Crippen LogP contribution in [0.15, 0.2) is 11.6 Å². The van der Waals surface area contributed by atoms with Gasteiger partial charge in [-0.3, -0.25) is 4.79 Å². The SMILES string of the molecule is CC(=O)[C@H]1C[C@H](O)[C@H]2[C@@H]3CC=C4C[C@H](N)CC[C@]4(C)[C@H]3CC[C@]21C. The van der Waals surface area contributed by atoms with Crippen LogP contribution in [0.4, 0.5) is 0 Å². The van der Waals surface area contributed by atoms with Gasteiger partial charge in [0.25, 0.3) is 0 Å². The van der Waals surface area contributed by atoms with Crippen LogP contribution in [0.5, 0.6) is 0 Å². The van der Waals surface area contributed by atoms with Crippen molar-refractivity contribution in [1.82, 2.24) is 0 Å². The van der Waals surface area contributed by atoms with Gasteiger partial charge in [0, 0.05) is 12.0 Å². The summed E-state index contributed by atoms with van der Waals surface area (Å²) in [5.74, 6) is 1.81. The molecule has 0 aliphatic heterocycles. The molecule has 0 unspecified atom stereocenters. The lowest BCUT2D eigenvalue weighted by Crippen LogP contribution is -2.53. The summed E-state index contributed by atoms with van der Waals surface area (Å²) >= 11 is 0. The molecule has 24 heavy (non-hydrogen) atoms. The highest BCUT2D eigenvalue weighted by Crippen LogP contribution is 2.66. The fraction of sp³-hybridized carbons (Fsp3) is 0.857. The van der Waals surface area contributed by atoms with Gasteiger partial charge in [-0.25, -0.2) is 0 Å². The molecule has 0 aromatic rings. The first-order valence-corrected chi connectivity index (χ1v) is 9.91. The third-order valence-corrected chi connectivity index (χ3v) is 8.62. The average Bonchev–Trinajstić information content (AvgIpc) is 2.80. The molecule has 4 rings (SSSR count). The van der Waals surface area contributed by atoms with E-state index in [9.17, 15) is 9.90 Å². The molecular weight excluding hydrogens is 298 g/mol. The second-order valence-electron chi connectivity index (χ2n) is 9.69. The summed E-state index contributed by atoms with van der Waals surface area (Å²) in [5.41, 5.74) is 8.09. The number of hydrogen-bond acceptors (Lipinski definition) is 3. The fourth-order valence-electron chi connectivity index (χ4n) is 7.39. The van der Waals surface area contributed by atoms with E-state index in [-0.39, 0.29) is 34.6 Å². The highest BCUT2D eigenvalue weighted by Gasteiger charge is 2.62. The number of allylic oxidation sites excluding steroid dienone is 1. The molecule has 0 aromatic carbocycles. The zero-order valence-corrected chi connectivity index (χ0v) is 15.4.